The van der Waals surface area contributed by atoms with Crippen LogP contribution in [0.2, 0.25) is 0 Å². The number of rotatable bonds is 2. The van der Waals surface area contributed by atoms with E-state index in [-0.39, 0.29) is 17.1 Å². The summed E-state index contributed by atoms with van der Waals surface area (Å²) in [5.74, 6) is 0. The topological polar surface area (TPSA) is 62.2 Å². The van der Waals surface area contributed by atoms with Crippen LogP contribution in [-0.4, -0.2) is 27.8 Å². The van der Waals surface area contributed by atoms with Crippen molar-refractivity contribution in [1.82, 2.24) is 20.7 Å². The Labute approximate surface area is 104 Å². The van der Waals surface area contributed by atoms with E-state index < -0.39 is 0 Å². The first-order valence-electron chi connectivity index (χ1n) is 4.02. The summed E-state index contributed by atoms with van der Waals surface area (Å²) in [6.45, 7) is 1.83. The van der Waals surface area contributed by atoms with Crippen molar-refractivity contribution in [3.8, 4) is 0 Å². The predicted octanol–water partition coefficient (Wildman–Crippen LogP) is 0.292. The average Bonchev–Trinajstić information content (AvgIpc) is 2.26. The Bertz CT molecular complexity index is 340. The van der Waals surface area contributed by atoms with E-state index in [4.69, 9.17) is 12.2 Å². The fourth-order valence-corrected chi connectivity index (χ4v) is 0.779. The number of thiocarbonyl (C=S) groups is 1. The largest absolute Gasteiger partial charge is 2.00 e. The third kappa shape index (κ3) is 4.83. The number of hydrogen-bond acceptors (Lipinski definition) is 4. The molecule has 15 heavy (non-hydrogen) atoms. The molecule has 0 bridgehead atoms. The molecule has 0 aliphatic carbocycles. The van der Waals surface area contributed by atoms with Gasteiger partial charge in [0.05, 0.1) is 11.9 Å². The van der Waals surface area contributed by atoms with E-state index in [1.165, 1.54) is 0 Å². The molecule has 0 unspecified atom stereocenters. The van der Waals surface area contributed by atoms with E-state index in [0.717, 1.165) is 11.4 Å². The van der Waals surface area contributed by atoms with Gasteiger partial charge in [-0.1, -0.05) is 0 Å². The van der Waals surface area contributed by atoms with Crippen molar-refractivity contribution in [2.24, 2.45) is 5.10 Å². The van der Waals surface area contributed by atoms with E-state index >= 15 is 0 Å². The van der Waals surface area contributed by atoms with Gasteiger partial charge in [0.15, 0.2) is 5.11 Å². The Hall–Kier alpha value is -1.04. The summed E-state index contributed by atoms with van der Waals surface area (Å²) in [5, 5.41) is 7.24. The maximum absolute atomic E-state index is 4.86. The average molecular weight is 273 g/mol. The number of nitrogens with one attached hydrogen (secondary N) is 2. The molecule has 1 rings (SSSR count). The predicted molar refractivity (Wildman–Crippen MR) is 59.0 cm³/mol. The molecule has 2 N–H and O–H groups in total. The number of hydrazone groups is 1. The van der Waals surface area contributed by atoms with Gasteiger partial charge in [0, 0.05) is 19.4 Å². The van der Waals surface area contributed by atoms with Crippen molar-refractivity contribution < 1.29 is 17.1 Å². The molecule has 0 aromatic carbocycles. The Morgan fingerprint density at radius 1 is 1.47 bits per heavy atom. The Morgan fingerprint density at radius 3 is 2.73 bits per heavy atom. The molecule has 0 aliphatic heterocycles. The van der Waals surface area contributed by atoms with Gasteiger partial charge in [-0.2, -0.15) is 5.10 Å². The van der Waals surface area contributed by atoms with Crippen LogP contribution in [0.4, 0.5) is 0 Å². The molecular weight excluding hydrogens is 262 g/mol. The summed E-state index contributed by atoms with van der Waals surface area (Å²) < 4.78 is 0. The summed E-state index contributed by atoms with van der Waals surface area (Å²) in [6.07, 6.45) is 4.87. The summed E-state index contributed by atoms with van der Waals surface area (Å²) in [6, 6.07) is 0. The second kappa shape index (κ2) is 7.28. The van der Waals surface area contributed by atoms with Gasteiger partial charge < -0.3 is 5.32 Å². The number of aromatic nitrogens is 2. The van der Waals surface area contributed by atoms with Crippen LogP contribution >= 0.6 is 12.2 Å². The van der Waals surface area contributed by atoms with Gasteiger partial charge in [-0.25, -0.2) is 0 Å². The molecule has 0 spiro atoms. The van der Waals surface area contributed by atoms with E-state index in [2.05, 4.69) is 25.8 Å². The zero-order chi connectivity index (χ0) is 10.4. The second-order valence-electron chi connectivity index (χ2n) is 2.48. The van der Waals surface area contributed by atoms with Gasteiger partial charge in [-0.3, -0.25) is 15.4 Å². The summed E-state index contributed by atoms with van der Waals surface area (Å²) in [5.41, 5.74) is 4.12. The summed E-state index contributed by atoms with van der Waals surface area (Å²) in [4.78, 5) is 8.02. The standard InChI is InChI=1S/C8H11N5S.Cu/c1-6(12-13-8(14)9-2)7-5-10-3-4-11-7;/h3-5H,1-2H3,(H2,9,13,14);/q;+2. The molecule has 0 saturated carbocycles. The smallest absolute Gasteiger partial charge is 0.364 e. The van der Waals surface area contributed by atoms with Crippen molar-refractivity contribution in [2.75, 3.05) is 7.05 Å². The van der Waals surface area contributed by atoms with E-state index in [0.29, 0.717) is 5.11 Å². The molecule has 1 aromatic rings. The second-order valence-corrected chi connectivity index (χ2v) is 2.89. The minimum absolute atomic E-state index is 0. The number of nitrogens with zero attached hydrogens (tertiary/aromatic N) is 3. The van der Waals surface area contributed by atoms with E-state index in [1.54, 1.807) is 25.6 Å². The quantitative estimate of drug-likeness (QED) is 0.351. The van der Waals surface area contributed by atoms with Crippen LogP contribution in [0.3, 0.4) is 0 Å². The van der Waals surface area contributed by atoms with Crippen molar-refractivity contribution in [2.45, 2.75) is 6.92 Å². The molecule has 1 heterocycles. The summed E-state index contributed by atoms with van der Waals surface area (Å²) in [7, 11) is 1.72. The van der Waals surface area contributed by atoms with Crippen LogP contribution in [0.25, 0.3) is 0 Å². The Balaban J connectivity index is 0.00000196. The van der Waals surface area contributed by atoms with Crippen molar-refractivity contribution in [3.05, 3.63) is 24.3 Å². The first-order valence-corrected chi connectivity index (χ1v) is 4.43. The molecule has 0 atom stereocenters. The first-order chi connectivity index (χ1) is 6.74. The normalized spacial score (nSPS) is 10.1. The Morgan fingerprint density at radius 2 is 2.20 bits per heavy atom. The van der Waals surface area contributed by atoms with Gasteiger partial charge in [0.1, 0.15) is 5.69 Å². The SMILES string of the molecule is CNC(=S)NN=C(C)c1cnccn1.[Cu+2]. The zero-order valence-corrected chi connectivity index (χ0v) is 10.0. The molecule has 0 amide bonds. The maximum Gasteiger partial charge on any atom is 2.00 e. The van der Waals surface area contributed by atoms with Crippen molar-refractivity contribution >= 4 is 23.0 Å². The fourth-order valence-electron chi connectivity index (χ4n) is 0.734. The van der Waals surface area contributed by atoms with Gasteiger partial charge in [-0.15, -0.1) is 0 Å². The maximum atomic E-state index is 4.86. The third-order valence-corrected chi connectivity index (χ3v) is 1.78. The van der Waals surface area contributed by atoms with Crippen LogP contribution in [0, 0.1) is 0 Å². The fraction of sp³-hybridized carbons (Fsp3) is 0.250. The molecule has 83 valence electrons. The minimum atomic E-state index is 0. The molecule has 0 aliphatic rings. The molecule has 7 heteroatoms. The molecule has 1 radical (unpaired) electrons. The van der Waals surface area contributed by atoms with E-state index in [1.807, 2.05) is 6.92 Å². The van der Waals surface area contributed by atoms with Crippen molar-refractivity contribution in [1.29, 1.82) is 0 Å². The van der Waals surface area contributed by atoms with Crippen LogP contribution in [0.5, 0.6) is 0 Å². The van der Waals surface area contributed by atoms with Crippen LogP contribution in [0.1, 0.15) is 12.6 Å². The van der Waals surface area contributed by atoms with Crippen LogP contribution in [-0.2, 0) is 17.1 Å². The molecule has 0 fully saturated rings. The van der Waals surface area contributed by atoms with Crippen LogP contribution < -0.4 is 10.7 Å². The van der Waals surface area contributed by atoms with Gasteiger partial charge >= 0.3 is 17.1 Å². The molecule has 1 aromatic heterocycles. The van der Waals surface area contributed by atoms with Gasteiger partial charge in [0.2, 0.25) is 0 Å². The molecule has 5 nitrogen and oxygen atoms in total. The Kier molecular flexibility index (Phi) is 6.77. The summed E-state index contributed by atoms with van der Waals surface area (Å²) >= 11 is 4.86. The van der Waals surface area contributed by atoms with Crippen LogP contribution in [0.15, 0.2) is 23.7 Å². The zero-order valence-electron chi connectivity index (χ0n) is 8.28. The molecular formula is C8H11CuN5S+2. The number of hydrogen-bond donors (Lipinski definition) is 2. The third-order valence-electron chi connectivity index (χ3n) is 1.49. The van der Waals surface area contributed by atoms with E-state index in [9.17, 15) is 0 Å². The first kappa shape index (κ1) is 14.0. The monoisotopic (exact) mass is 272 g/mol. The van der Waals surface area contributed by atoms with Crippen molar-refractivity contribution in [3.63, 3.8) is 0 Å². The minimum Gasteiger partial charge on any atom is -0.364 e. The van der Waals surface area contributed by atoms with Gasteiger partial charge in [-0.05, 0) is 19.1 Å². The molecule has 0 saturated heterocycles. The van der Waals surface area contributed by atoms with Gasteiger partial charge in [0.25, 0.3) is 0 Å².